The minimum Gasteiger partial charge on any atom is -0.338 e. The fourth-order valence-corrected chi connectivity index (χ4v) is 3.31. The SMILES string of the molecule is C=CC(=O)Nc1ccc(C(=O)N2CCCC(c3n[nH]c(=S)n3C)C2)cc1. The summed E-state index contributed by atoms with van der Waals surface area (Å²) in [6, 6.07) is 6.88. The summed E-state index contributed by atoms with van der Waals surface area (Å²) in [5.74, 6) is 0.746. The third-order valence-electron chi connectivity index (χ3n) is 4.57. The summed E-state index contributed by atoms with van der Waals surface area (Å²) in [5, 5.41) is 9.79. The van der Waals surface area contributed by atoms with E-state index in [1.807, 2.05) is 16.5 Å². The largest absolute Gasteiger partial charge is 0.338 e. The molecular formula is C18H21N5O2S. The van der Waals surface area contributed by atoms with E-state index in [1.54, 1.807) is 24.3 Å². The molecule has 1 aromatic carbocycles. The van der Waals surface area contributed by atoms with E-state index in [-0.39, 0.29) is 17.7 Å². The van der Waals surface area contributed by atoms with Gasteiger partial charge in [0, 0.05) is 37.3 Å². The van der Waals surface area contributed by atoms with Gasteiger partial charge in [0.25, 0.3) is 5.91 Å². The van der Waals surface area contributed by atoms with Crippen molar-refractivity contribution in [2.75, 3.05) is 18.4 Å². The molecule has 1 unspecified atom stereocenters. The number of hydrogen-bond donors (Lipinski definition) is 2. The number of likely N-dealkylation sites (tertiary alicyclic amines) is 1. The Kier molecular flexibility index (Phi) is 5.32. The molecule has 3 rings (SSSR count). The van der Waals surface area contributed by atoms with Crippen molar-refractivity contribution in [1.82, 2.24) is 19.7 Å². The third kappa shape index (κ3) is 3.75. The number of rotatable bonds is 4. The van der Waals surface area contributed by atoms with Crippen LogP contribution >= 0.6 is 12.2 Å². The van der Waals surface area contributed by atoms with Crippen LogP contribution in [0.2, 0.25) is 0 Å². The summed E-state index contributed by atoms with van der Waals surface area (Å²) in [7, 11) is 1.89. The van der Waals surface area contributed by atoms with Crippen LogP contribution in [0.1, 0.15) is 34.9 Å². The summed E-state index contributed by atoms with van der Waals surface area (Å²) in [6.07, 6.45) is 3.10. The molecule has 1 aromatic heterocycles. The van der Waals surface area contributed by atoms with Gasteiger partial charge in [0.2, 0.25) is 5.91 Å². The summed E-state index contributed by atoms with van der Waals surface area (Å²) in [6.45, 7) is 4.75. The molecule has 7 nitrogen and oxygen atoms in total. The Bertz CT molecular complexity index is 884. The number of nitrogens with one attached hydrogen (secondary N) is 2. The normalized spacial score (nSPS) is 17.0. The van der Waals surface area contributed by atoms with E-state index < -0.39 is 0 Å². The molecule has 2 heterocycles. The maximum Gasteiger partial charge on any atom is 0.253 e. The molecule has 1 atom stereocenters. The molecule has 0 radical (unpaired) electrons. The molecule has 2 aromatic rings. The summed E-state index contributed by atoms with van der Waals surface area (Å²) < 4.78 is 2.45. The van der Waals surface area contributed by atoms with Crippen LogP contribution in [-0.4, -0.2) is 44.6 Å². The Morgan fingerprint density at radius 1 is 1.38 bits per heavy atom. The molecule has 2 N–H and O–H groups in total. The van der Waals surface area contributed by atoms with Gasteiger partial charge in [-0.15, -0.1) is 0 Å². The molecule has 8 heteroatoms. The summed E-state index contributed by atoms with van der Waals surface area (Å²) >= 11 is 5.18. The van der Waals surface area contributed by atoms with E-state index in [4.69, 9.17) is 12.2 Å². The second kappa shape index (κ2) is 7.65. The molecule has 26 heavy (non-hydrogen) atoms. The van der Waals surface area contributed by atoms with Crippen LogP contribution in [0.4, 0.5) is 5.69 Å². The van der Waals surface area contributed by atoms with Gasteiger partial charge in [-0.25, -0.2) is 0 Å². The van der Waals surface area contributed by atoms with Crippen LogP contribution in [0.3, 0.4) is 0 Å². The zero-order chi connectivity index (χ0) is 18.7. The van der Waals surface area contributed by atoms with Crippen LogP contribution < -0.4 is 5.32 Å². The predicted molar refractivity (Wildman–Crippen MR) is 102 cm³/mol. The highest BCUT2D eigenvalue weighted by Crippen LogP contribution is 2.26. The van der Waals surface area contributed by atoms with E-state index in [2.05, 4.69) is 22.1 Å². The number of piperidine rings is 1. The Labute approximate surface area is 156 Å². The lowest BCUT2D eigenvalue weighted by Crippen LogP contribution is -2.39. The van der Waals surface area contributed by atoms with Crippen molar-refractivity contribution in [2.45, 2.75) is 18.8 Å². The number of carbonyl (C=O) groups is 2. The molecule has 1 fully saturated rings. The zero-order valence-corrected chi connectivity index (χ0v) is 15.4. The van der Waals surface area contributed by atoms with Gasteiger partial charge in [0.1, 0.15) is 5.82 Å². The number of benzene rings is 1. The standard InChI is InChI=1S/C18H21N5O2S/c1-3-15(24)19-14-8-6-12(7-9-14)17(25)23-10-4-5-13(11-23)16-20-21-18(26)22(16)2/h3,6-9,13H,1,4-5,10-11H2,2H3,(H,19,24)(H,21,26). The molecule has 1 aliphatic heterocycles. The van der Waals surface area contributed by atoms with E-state index in [0.29, 0.717) is 22.6 Å². The number of amides is 2. The van der Waals surface area contributed by atoms with Gasteiger partial charge < -0.3 is 14.8 Å². The van der Waals surface area contributed by atoms with E-state index in [9.17, 15) is 9.59 Å². The van der Waals surface area contributed by atoms with Crippen molar-refractivity contribution in [1.29, 1.82) is 0 Å². The highest BCUT2D eigenvalue weighted by Gasteiger charge is 2.28. The topological polar surface area (TPSA) is 83.0 Å². The summed E-state index contributed by atoms with van der Waals surface area (Å²) in [4.78, 5) is 26.0. The quantitative estimate of drug-likeness (QED) is 0.639. The number of nitrogens with zero attached hydrogens (tertiary/aromatic N) is 3. The first-order valence-electron chi connectivity index (χ1n) is 8.43. The van der Waals surface area contributed by atoms with Crippen LogP contribution in [-0.2, 0) is 11.8 Å². The van der Waals surface area contributed by atoms with Crippen LogP contribution in [0.15, 0.2) is 36.9 Å². The monoisotopic (exact) mass is 371 g/mol. The van der Waals surface area contributed by atoms with Gasteiger partial charge in [-0.1, -0.05) is 6.58 Å². The third-order valence-corrected chi connectivity index (χ3v) is 4.94. The Morgan fingerprint density at radius 2 is 2.12 bits per heavy atom. The fraction of sp³-hybridized carbons (Fsp3) is 0.333. The molecule has 0 saturated carbocycles. The minimum absolute atomic E-state index is 0.0203. The lowest BCUT2D eigenvalue weighted by atomic mass is 9.96. The van der Waals surface area contributed by atoms with Gasteiger partial charge in [0.05, 0.1) is 0 Å². The van der Waals surface area contributed by atoms with E-state index >= 15 is 0 Å². The van der Waals surface area contributed by atoms with Crippen LogP contribution in [0.5, 0.6) is 0 Å². The molecule has 136 valence electrons. The van der Waals surface area contributed by atoms with Crippen molar-refractivity contribution < 1.29 is 9.59 Å². The van der Waals surface area contributed by atoms with Gasteiger partial charge in [-0.2, -0.15) is 5.10 Å². The number of carbonyl (C=O) groups excluding carboxylic acids is 2. The van der Waals surface area contributed by atoms with E-state index in [0.717, 1.165) is 25.2 Å². The highest BCUT2D eigenvalue weighted by atomic mass is 32.1. The Hall–Kier alpha value is -2.74. The second-order valence-electron chi connectivity index (χ2n) is 6.31. The zero-order valence-electron chi connectivity index (χ0n) is 14.6. The average molecular weight is 371 g/mol. The van der Waals surface area contributed by atoms with Crippen molar-refractivity contribution in [2.24, 2.45) is 7.05 Å². The number of aromatic nitrogens is 3. The minimum atomic E-state index is -0.282. The van der Waals surface area contributed by atoms with Gasteiger partial charge in [-0.3, -0.25) is 14.7 Å². The maximum absolute atomic E-state index is 12.8. The molecule has 2 amide bonds. The smallest absolute Gasteiger partial charge is 0.253 e. The fourth-order valence-electron chi connectivity index (χ4n) is 3.17. The van der Waals surface area contributed by atoms with Gasteiger partial charge >= 0.3 is 0 Å². The second-order valence-corrected chi connectivity index (χ2v) is 6.69. The molecule has 1 aliphatic rings. The first-order chi connectivity index (χ1) is 12.5. The number of anilines is 1. The Balaban J connectivity index is 1.71. The Morgan fingerprint density at radius 3 is 2.73 bits per heavy atom. The molecule has 0 bridgehead atoms. The number of H-pyrrole nitrogens is 1. The highest BCUT2D eigenvalue weighted by molar-refractivity contribution is 7.71. The van der Waals surface area contributed by atoms with Crippen LogP contribution in [0.25, 0.3) is 0 Å². The first-order valence-corrected chi connectivity index (χ1v) is 8.84. The van der Waals surface area contributed by atoms with Crippen molar-refractivity contribution in [3.63, 3.8) is 0 Å². The maximum atomic E-state index is 12.8. The molecule has 0 aliphatic carbocycles. The predicted octanol–water partition coefficient (Wildman–Crippen LogP) is 2.62. The van der Waals surface area contributed by atoms with Crippen molar-refractivity contribution >= 4 is 29.7 Å². The number of aromatic amines is 1. The average Bonchev–Trinajstić information content (AvgIpc) is 3.00. The molecule has 0 spiro atoms. The van der Waals surface area contributed by atoms with Crippen LogP contribution in [0, 0.1) is 4.77 Å². The van der Waals surface area contributed by atoms with Crippen molar-refractivity contribution in [3.8, 4) is 0 Å². The molecule has 1 saturated heterocycles. The van der Waals surface area contributed by atoms with E-state index in [1.165, 1.54) is 6.08 Å². The van der Waals surface area contributed by atoms with Gasteiger partial charge in [0.15, 0.2) is 4.77 Å². The lowest BCUT2D eigenvalue weighted by Gasteiger charge is -2.32. The first kappa shape index (κ1) is 18.1. The van der Waals surface area contributed by atoms with Gasteiger partial charge in [-0.05, 0) is 55.4 Å². The van der Waals surface area contributed by atoms with Crippen molar-refractivity contribution in [3.05, 3.63) is 53.1 Å². The lowest BCUT2D eigenvalue weighted by molar-refractivity contribution is -0.111. The molecular weight excluding hydrogens is 350 g/mol. The summed E-state index contributed by atoms with van der Waals surface area (Å²) in [5.41, 5.74) is 1.22. The number of hydrogen-bond acceptors (Lipinski definition) is 4.